The van der Waals surface area contributed by atoms with Crippen molar-refractivity contribution < 1.29 is 24.9 Å². The highest BCUT2D eigenvalue weighted by Gasteiger charge is 2.21. The molecule has 0 bridgehead atoms. The number of benzene rings is 1. The predicted octanol–water partition coefficient (Wildman–Crippen LogP) is -0.126. The maximum absolute atomic E-state index is 11.8. The minimum Gasteiger partial charge on any atom is -0.507 e. The third-order valence-electron chi connectivity index (χ3n) is 2.42. The molecule has 6 heteroatoms. The SMILES string of the molecule is COc1ccc(O)c(C(=O)NCC(C)(O)CO)c1. The second-order valence-electron chi connectivity index (χ2n) is 4.22. The summed E-state index contributed by atoms with van der Waals surface area (Å²) in [5.74, 6) is -0.302. The Morgan fingerprint density at radius 1 is 1.50 bits per heavy atom. The van der Waals surface area contributed by atoms with Crippen molar-refractivity contribution in [1.82, 2.24) is 5.32 Å². The molecule has 0 aliphatic carbocycles. The molecule has 1 amide bonds. The average molecular weight is 255 g/mol. The number of ether oxygens (including phenoxy) is 1. The van der Waals surface area contributed by atoms with Crippen LogP contribution in [-0.2, 0) is 0 Å². The summed E-state index contributed by atoms with van der Waals surface area (Å²) >= 11 is 0. The summed E-state index contributed by atoms with van der Waals surface area (Å²) in [7, 11) is 1.45. The number of nitrogens with one attached hydrogen (secondary N) is 1. The molecule has 1 unspecified atom stereocenters. The van der Waals surface area contributed by atoms with Crippen LogP contribution in [0.3, 0.4) is 0 Å². The first kappa shape index (κ1) is 14.3. The van der Waals surface area contributed by atoms with E-state index < -0.39 is 18.1 Å². The third-order valence-corrected chi connectivity index (χ3v) is 2.42. The lowest BCUT2D eigenvalue weighted by molar-refractivity contribution is 0.00318. The molecule has 0 saturated carbocycles. The van der Waals surface area contributed by atoms with Gasteiger partial charge in [-0.05, 0) is 25.1 Å². The molecule has 0 radical (unpaired) electrons. The molecule has 1 aromatic carbocycles. The van der Waals surface area contributed by atoms with Crippen LogP contribution in [-0.4, -0.2) is 47.1 Å². The van der Waals surface area contributed by atoms with Crippen molar-refractivity contribution >= 4 is 5.91 Å². The first-order chi connectivity index (χ1) is 8.39. The van der Waals surface area contributed by atoms with Crippen molar-refractivity contribution in [2.45, 2.75) is 12.5 Å². The van der Waals surface area contributed by atoms with Crippen LogP contribution in [0.25, 0.3) is 0 Å². The Morgan fingerprint density at radius 2 is 2.17 bits per heavy atom. The molecule has 1 atom stereocenters. The number of phenolic OH excluding ortho intramolecular Hbond substituents is 1. The van der Waals surface area contributed by atoms with Crippen LogP contribution < -0.4 is 10.1 Å². The van der Waals surface area contributed by atoms with E-state index in [4.69, 9.17) is 9.84 Å². The van der Waals surface area contributed by atoms with Crippen LogP contribution in [0.15, 0.2) is 18.2 Å². The fraction of sp³-hybridized carbons (Fsp3) is 0.417. The molecule has 18 heavy (non-hydrogen) atoms. The summed E-state index contributed by atoms with van der Waals surface area (Å²) in [6, 6.07) is 4.26. The molecule has 0 fully saturated rings. The van der Waals surface area contributed by atoms with E-state index in [1.54, 1.807) is 0 Å². The number of aromatic hydroxyl groups is 1. The average Bonchev–Trinajstić information content (AvgIpc) is 2.36. The Bertz CT molecular complexity index is 430. The molecule has 1 aromatic rings. The second-order valence-corrected chi connectivity index (χ2v) is 4.22. The van der Waals surface area contributed by atoms with Crippen LogP contribution >= 0.6 is 0 Å². The molecule has 0 saturated heterocycles. The monoisotopic (exact) mass is 255 g/mol. The number of hydrogen-bond donors (Lipinski definition) is 4. The van der Waals surface area contributed by atoms with Gasteiger partial charge in [-0.2, -0.15) is 0 Å². The van der Waals surface area contributed by atoms with Gasteiger partial charge >= 0.3 is 0 Å². The fourth-order valence-corrected chi connectivity index (χ4v) is 1.25. The number of aliphatic hydroxyl groups is 2. The summed E-state index contributed by atoms with van der Waals surface area (Å²) in [6.45, 7) is 0.787. The summed E-state index contributed by atoms with van der Waals surface area (Å²) in [5, 5.41) is 30.4. The maximum Gasteiger partial charge on any atom is 0.255 e. The van der Waals surface area contributed by atoms with Gasteiger partial charge in [0.25, 0.3) is 5.91 Å². The van der Waals surface area contributed by atoms with Crippen LogP contribution in [0.1, 0.15) is 17.3 Å². The number of methoxy groups -OCH3 is 1. The molecular formula is C12H17NO5. The van der Waals surface area contributed by atoms with E-state index in [0.29, 0.717) is 5.75 Å². The van der Waals surface area contributed by atoms with Crippen molar-refractivity contribution in [3.63, 3.8) is 0 Å². The number of carbonyl (C=O) groups is 1. The number of carbonyl (C=O) groups excluding carboxylic acids is 1. The smallest absolute Gasteiger partial charge is 0.255 e. The molecule has 0 aromatic heterocycles. The number of hydrogen-bond acceptors (Lipinski definition) is 5. The van der Waals surface area contributed by atoms with Gasteiger partial charge in [0.2, 0.25) is 0 Å². The van der Waals surface area contributed by atoms with Gasteiger partial charge in [0.1, 0.15) is 17.1 Å². The molecule has 1 rings (SSSR count). The largest absolute Gasteiger partial charge is 0.507 e. The van der Waals surface area contributed by atoms with Crippen molar-refractivity contribution in [3.8, 4) is 11.5 Å². The van der Waals surface area contributed by atoms with Crippen molar-refractivity contribution in [1.29, 1.82) is 0 Å². The first-order valence-electron chi connectivity index (χ1n) is 5.38. The molecule has 0 spiro atoms. The number of aliphatic hydroxyl groups excluding tert-OH is 1. The highest BCUT2D eigenvalue weighted by atomic mass is 16.5. The summed E-state index contributed by atoms with van der Waals surface area (Å²) in [4.78, 5) is 11.8. The van der Waals surface area contributed by atoms with Crippen molar-refractivity contribution in [2.24, 2.45) is 0 Å². The van der Waals surface area contributed by atoms with Gasteiger partial charge in [-0.3, -0.25) is 4.79 Å². The molecule has 0 heterocycles. The predicted molar refractivity (Wildman–Crippen MR) is 64.7 cm³/mol. The maximum atomic E-state index is 11.8. The van der Waals surface area contributed by atoms with E-state index in [9.17, 15) is 15.0 Å². The Kier molecular flexibility index (Phi) is 4.52. The first-order valence-corrected chi connectivity index (χ1v) is 5.38. The second kappa shape index (κ2) is 5.70. The van der Waals surface area contributed by atoms with Gasteiger partial charge in [-0.15, -0.1) is 0 Å². The minimum absolute atomic E-state index is 0.0445. The topological polar surface area (TPSA) is 99.0 Å². The zero-order chi connectivity index (χ0) is 13.8. The van der Waals surface area contributed by atoms with Crippen LogP contribution in [0, 0.1) is 0 Å². The van der Waals surface area contributed by atoms with E-state index in [-0.39, 0.29) is 17.9 Å². The Labute approximate surface area is 105 Å². The quantitative estimate of drug-likeness (QED) is 0.587. The lowest BCUT2D eigenvalue weighted by Gasteiger charge is -2.20. The fourth-order valence-electron chi connectivity index (χ4n) is 1.25. The van der Waals surface area contributed by atoms with E-state index in [0.717, 1.165) is 0 Å². The van der Waals surface area contributed by atoms with E-state index in [1.807, 2.05) is 0 Å². The minimum atomic E-state index is -1.40. The highest BCUT2D eigenvalue weighted by Crippen LogP contribution is 2.22. The Morgan fingerprint density at radius 3 is 2.72 bits per heavy atom. The number of amides is 1. The van der Waals surface area contributed by atoms with Gasteiger partial charge in [0, 0.05) is 6.54 Å². The standard InChI is InChI=1S/C12H17NO5/c1-12(17,7-14)6-13-11(16)9-5-8(18-2)3-4-10(9)15/h3-5,14-15,17H,6-7H2,1-2H3,(H,13,16). The van der Waals surface area contributed by atoms with Gasteiger partial charge < -0.3 is 25.4 Å². The van der Waals surface area contributed by atoms with Crippen LogP contribution in [0.5, 0.6) is 11.5 Å². The number of phenols is 1. The van der Waals surface area contributed by atoms with Gasteiger partial charge in [0.15, 0.2) is 0 Å². The molecule has 0 aliphatic rings. The molecule has 0 aliphatic heterocycles. The third kappa shape index (κ3) is 3.61. The molecular weight excluding hydrogens is 238 g/mol. The Balaban J connectivity index is 2.78. The van der Waals surface area contributed by atoms with Crippen molar-refractivity contribution in [3.05, 3.63) is 23.8 Å². The molecule has 100 valence electrons. The Hall–Kier alpha value is -1.79. The van der Waals surface area contributed by atoms with Crippen LogP contribution in [0.2, 0.25) is 0 Å². The summed E-state index contributed by atoms with van der Waals surface area (Å²) < 4.78 is 4.95. The van der Waals surface area contributed by atoms with Gasteiger partial charge in [0.05, 0.1) is 19.3 Å². The normalized spacial score (nSPS) is 13.8. The van der Waals surface area contributed by atoms with Crippen molar-refractivity contribution in [2.75, 3.05) is 20.3 Å². The van der Waals surface area contributed by atoms with E-state index >= 15 is 0 Å². The van der Waals surface area contributed by atoms with E-state index in [1.165, 1.54) is 32.2 Å². The highest BCUT2D eigenvalue weighted by molar-refractivity contribution is 5.97. The van der Waals surface area contributed by atoms with Crippen LogP contribution in [0.4, 0.5) is 0 Å². The van der Waals surface area contributed by atoms with Gasteiger partial charge in [-0.1, -0.05) is 0 Å². The molecule has 6 nitrogen and oxygen atoms in total. The van der Waals surface area contributed by atoms with Gasteiger partial charge in [-0.25, -0.2) is 0 Å². The van der Waals surface area contributed by atoms with E-state index in [2.05, 4.69) is 5.32 Å². The zero-order valence-corrected chi connectivity index (χ0v) is 10.3. The number of rotatable bonds is 5. The summed E-state index contributed by atoms with van der Waals surface area (Å²) in [5.41, 5.74) is -1.35. The molecule has 4 N–H and O–H groups in total. The zero-order valence-electron chi connectivity index (χ0n) is 10.3. The lowest BCUT2D eigenvalue weighted by atomic mass is 10.1. The summed E-state index contributed by atoms with van der Waals surface area (Å²) in [6.07, 6.45) is 0. The lowest BCUT2D eigenvalue weighted by Crippen LogP contribution is -2.43.